The monoisotopic (exact) mass is 196 g/mol. The molecule has 3 heterocycles. The molecule has 0 aromatic heterocycles. The zero-order valence-electron chi connectivity index (χ0n) is 8.16. The molecule has 4 nitrogen and oxygen atoms in total. The van der Waals surface area contributed by atoms with Gasteiger partial charge in [-0.1, -0.05) is 0 Å². The third-order valence-corrected chi connectivity index (χ3v) is 3.57. The van der Waals surface area contributed by atoms with E-state index in [1.807, 2.05) is 0 Å². The fraction of sp³-hybridized carbons (Fsp3) is 0.900. The fourth-order valence-electron chi connectivity index (χ4n) is 2.61. The van der Waals surface area contributed by atoms with Crippen LogP contribution in [0.15, 0.2) is 0 Å². The fourth-order valence-corrected chi connectivity index (χ4v) is 2.61. The van der Waals surface area contributed by atoms with E-state index in [2.05, 4.69) is 10.6 Å². The minimum atomic E-state index is 0.134. The molecule has 3 unspecified atom stereocenters. The van der Waals surface area contributed by atoms with E-state index in [1.165, 1.54) is 0 Å². The summed E-state index contributed by atoms with van der Waals surface area (Å²) in [6.45, 7) is 1.85. The second-order valence-corrected chi connectivity index (χ2v) is 4.58. The normalized spacial score (nSPS) is 41.0. The smallest absolute Gasteiger partial charge is 0.226 e. The van der Waals surface area contributed by atoms with Crippen LogP contribution in [0.25, 0.3) is 0 Å². The Morgan fingerprint density at radius 2 is 2.21 bits per heavy atom. The average Bonchev–Trinajstić information content (AvgIpc) is 2.71. The van der Waals surface area contributed by atoms with Crippen molar-refractivity contribution in [3.8, 4) is 0 Å². The molecule has 3 rings (SSSR count). The highest BCUT2D eigenvalue weighted by Gasteiger charge is 2.44. The van der Waals surface area contributed by atoms with Crippen molar-refractivity contribution in [1.29, 1.82) is 0 Å². The second-order valence-electron chi connectivity index (χ2n) is 4.58. The van der Waals surface area contributed by atoms with Crippen molar-refractivity contribution >= 4 is 5.91 Å². The number of hydrogen-bond acceptors (Lipinski definition) is 3. The van der Waals surface area contributed by atoms with E-state index in [-0.39, 0.29) is 17.9 Å². The van der Waals surface area contributed by atoms with Crippen LogP contribution in [0, 0.1) is 5.92 Å². The Kier molecular flexibility index (Phi) is 1.99. The molecule has 1 amide bonds. The number of ether oxygens (including phenoxy) is 1. The summed E-state index contributed by atoms with van der Waals surface area (Å²) in [6.07, 6.45) is 3.75. The first-order chi connectivity index (χ1) is 6.83. The molecule has 0 radical (unpaired) electrons. The van der Waals surface area contributed by atoms with Gasteiger partial charge in [0.2, 0.25) is 5.91 Å². The molecule has 3 fully saturated rings. The van der Waals surface area contributed by atoms with Gasteiger partial charge in [-0.3, -0.25) is 4.79 Å². The highest BCUT2D eigenvalue weighted by atomic mass is 16.5. The molecule has 3 saturated heterocycles. The molecule has 2 bridgehead atoms. The van der Waals surface area contributed by atoms with Crippen molar-refractivity contribution in [3.05, 3.63) is 0 Å². The molecule has 0 aromatic rings. The van der Waals surface area contributed by atoms with Gasteiger partial charge in [0.05, 0.1) is 24.2 Å². The lowest BCUT2D eigenvalue weighted by atomic mass is 9.88. The van der Waals surface area contributed by atoms with Crippen molar-refractivity contribution in [1.82, 2.24) is 10.6 Å². The number of hydrogen-bond donors (Lipinski definition) is 2. The van der Waals surface area contributed by atoms with Gasteiger partial charge in [-0.05, 0) is 19.3 Å². The minimum Gasteiger partial charge on any atom is -0.374 e. The van der Waals surface area contributed by atoms with Crippen molar-refractivity contribution in [2.45, 2.75) is 37.5 Å². The zero-order valence-corrected chi connectivity index (χ0v) is 8.16. The molecular weight excluding hydrogens is 180 g/mol. The van der Waals surface area contributed by atoms with Crippen LogP contribution in [0.5, 0.6) is 0 Å². The molecule has 0 aromatic carbocycles. The number of nitrogens with one attached hydrogen (secondary N) is 2. The highest BCUT2D eigenvalue weighted by molar-refractivity contribution is 5.80. The van der Waals surface area contributed by atoms with E-state index in [0.717, 1.165) is 32.4 Å². The molecule has 4 heteroatoms. The van der Waals surface area contributed by atoms with Crippen LogP contribution in [-0.4, -0.2) is 37.2 Å². The van der Waals surface area contributed by atoms with Gasteiger partial charge in [0.1, 0.15) is 0 Å². The highest BCUT2D eigenvalue weighted by Crippen LogP contribution is 2.38. The van der Waals surface area contributed by atoms with Crippen molar-refractivity contribution in [2.24, 2.45) is 5.92 Å². The molecule has 78 valence electrons. The molecule has 0 spiro atoms. The van der Waals surface area contributed by atoms with Gasteiger partial charge >= 0.3 is 0 Å². The number of carbonyl (C=O) groups excluding carboxylic acids is 1. The van der Waals surface area contributed by atoms with E-state index < -0.39 is 0 Å². The summed E-state index contributed by atoms with van der Waals surface area (Å²) in [5.41, 5.74) is 0. The molecule has 3 atom stereocenters. The Hall–Kier alpha value is -0.610. The lowest BCUT2D eigenvalue weighted by Crippen LogP contribution is -2.58. The van der Waals surface area contributed by atoms with Gasteiger partial charge in [0, 0.05) is 13.1 Å². The summed E-state index contributed by atoms with van der Waals surface area (Å²) in [5.74, 6) is 0.345. The summed E-state index contributed by atoms with van der Waals surface area (Å²) >= 11 is 0. The average molecular weight is 196 g/mol. The number of fused-ring (bicyclic) bond motifs is 2. The third kappa shape index (κ3) is 1.33. The Balaban J connectivity index is 1.57. The van der Waals surface area contributed by atoms with Gasteiger partial charge in [0.15, 0.2) is 0 Å². The summed E-state index contributed by atoms with van der Waals surface area (Å²) in [6, 6.07) is 0.363. The molecule has 0 aliphatic carbocycles. The summed E-state index contributed by atoms with van der Waals surface area (Å²) in [4.78, 5) is 11.8. The van der Waals surface area contributed by atoms with Crippen LogP contribution in [0.4, 0.5) is 0 Å². The molecule has 2 N–H and O–H groups in total. The van der Waals surface area contributed by atoms with E-state index in [9.17, 15) is 4.79 Å². The van der Waals surface area contributed by atoms with E-state index in [1.54, 1.807) is 0 Å². The van der Waals surface area contributed by atoms with Crippen LogP contribution in [-0.2, 0) is 9.53 Å². The lowest BCUT2D eigenvalue weighted by Gasteiger charge is -2.30. The SMILES string of the molecule is O=C(NC1CNC1)C1CC2CCC1O2. The first kappa shape index (κ1) is 8.68. The van der Waals surface area contributed by atoms with Crippen LogP contribution in [0.2, 0.25) is 0 Å². The van der Waals surface area contributed by atoms with Crippen LogP contribution in [0.1, 0.15) is 19.3 Å². The first-order valence-electron chi connectivity index (χ1n) is 5.49. The topological polar surface area (TPSA) is 50.4 Å². The van der Waals surface area contributed by atoms with Gasteiger partial charge in [-0.2, -0.15) is 0 Å². The Labute approximate surface area is 83.4 Å². The third-order valence-electron chi connectivity index (χ3n) is 3.57. The predicted octanol–water partition coefficient (Wildman–Crippen LogP) is -0.358. The van der Waals surface area contributed by atoms with Gasteiger partial charge in [0.25, 0.3) is 0 Å². The van der Waals surface area contributed by atoms with Crippen molar-refractivity contribution in [3.63, 3.8) is 0 Å². The van der Waals surface area contributed by atoms with Crippen LogP contribution >= 0.6 is 0 Å². The largest absolute Gasteiger partial charge is 0.374 e. The summed E-state index contributed by atoms with van der Waals surface area (Å²) in [7, 11) is 0. The Bertz CT molecular complexity index is 253. The molecule has 3 aliphatic heterocycles. The summed E-state index contributed by atoms with van der Waals surface area (Å²) in [5, 5.41) is 6.21. The standard InChI is InChI=1S/C10H16N2O2/c13-10(12-6-4-11-5-6)8-3-7-1-2-9(8)14-7/h6-9,11H,1-5H2,(H,12,13). The van der Waals surface area contributed by atoms with Crippen LogP contribution in [0.3, 0.4) is 0 Å². The Morgan fingerprint density at radius 1 is 1.36 bits per heavy atom. The maximum atomic E-state index is 11.8. The van der Waals surface area contributed by atoms with E-state index in [4.69, 9.17) is 4.74 Å². The number of rotatable bonds is 2. The first-order valence-corrected chi connectivity index (χ1v) is 5.49. The lowest BCUT2D eigenvalue weighted by molar-refractivity contribution is -0.127. The second kappa shape index (κ2) is 3.21. The predicted molar refractivity (Wildman–Crippen MR) is 50.8 cm³/mol. The number of carbonyl (C=O) groups is 1. The Morgan fingerprint density at radius 3 is 2.71 bits per heavy atom. The zero-order chi connectivity index (χ0) is 9.54. The number of amides is 1. The maximum Gasteiger partial charge on any atom is 0.226 e. The van der Waals surface area contributed by atoms with E-state index in [0.29, 0.717) is 12.1 Å². The van der Waals surface area contributed by atoms with Gasteiger partial charge in [-0.15, -0.1) is 0 Å². The van der Waals surface area contributed by atoms with Crippen molar-refractivity contribution in [2.75, 3.05) is 13.1 Å². The quantitative estimate of drug-likeness (QED) is 0.634. The van der Waals surface area contributed by atoms with E-state index >= 15 is 0 Å². The van der Waals surface area contributed by atoms with Gasteiger partial charge < -0.3 is 15.4 Å². The maximum absolute atomic E-state index is 11.8. The van der Waals surface area contributed by atoms with Gasteiger partial charge in [-0.25, -0.2) is 0 Å². The van der Waals surface area contributed by atoms with Crippen molar-refractivity contribution < 1.29 is 9.53 Å². The summed E-state index contributed by atoms with van der Waals surface area (Å²) < 4.78 is 5.66. The van der Waals surface area contributed by atoms with Crippen LogP contribution < -0.4 is 10.6 Å². The molecule has 14 heavy (non-hydrogen) atoms. The molecule has 0 saturated carbocycles. The molecular formula is C10H16N2O2. The molecule has 3 aliphatic rings. The minimum absolute atomic E-state index is 0.134.